The summed E-state index contributed by atoms with van der Waals surface area (Å²) in [5.74, 6) is -0.753. The smallest absolute Gasteiger partial charge is 0.260 e. The molecule has 0 bridgehead atoms. The zero-order valence-corrected chi connectivity index (χ0v) is 13.1. The molecule has 1 rings (SSSR count). The van der Waals surface area contributed by atoms with Gasteiger partial charge in [0.1, 0.15) is 11.6 Å². The van der Waals surface area contributed by atoms with Crippen molar-refractivity contribution in [3.63, 3.8) is 0 Å². The maximum atomic E-state index is 12.9. The number of nitrogens with one attached hydrogen (secondary N) is 2. The van der Waals surface area contributed by atoms with Gasteiger partial charge in [-0.05, 0) is 25.1 Å². The van der Waals surface area contributed by atoms with Crippen molar-refractivity contribution in [2.45, 2.75) is 13.0 Å². The predicted octanol–water partition coefficient (Wildman–Crippen LogP) is 0.912. The fourth-order valence-corrected chi connectivity index (χ4v) is 2.07. The second-order valence-corrected chi connectivity index (χ2v) is 6.53. The van der Waals surface area contributed by atoms with Crippen LogP contribution in [0.1, 0.15) is 6.92 Å². The minimum atomic E-state index is -3.29. The molecule has 0 radical (unpaired) electrons. The van der Waals surface area contributed by atoms with Gasteiger partial charge in [0.05, 0.1) is 11.3 Å². The van der Waals surface area contributed by atoms with Gasteiger partial charge in [0.15, 0.2) is 6.10 Å². The molecule has 1 aromatic carbocycles. The van der Waals surface area contributed by atoms with Gasteiger partial charge in [0, 0.05) is 13.1 Å². The van der Waals surface area contributed by atoms with Crippen LogP contribution in [0, 0.1) is 5.82 Å². The van der Waals surface area contributed by atoms with Crippen LogP contribution in [0.15, 0.2) is 18.2 Å². The molecule has 0 saturated carbocycles. The van der Waals surface area contributed by atoms with Crippen LogP contribution >= 0.6 is 11.6 Å². The minimum absolute atomic E-state index is 0.0633. The lowest BCUT2D eigenvalue weighted by Gasteiger charge is -2.15. The fraction of sp³-hybridized carbons (Fsp3) is 0.417. The van der Waals surface area contributed by atoms with Crippen molar-refractivity contribution in [2.24, 2.45) is 0 Å². The SMILES string of the molecule is CC(Oc1ccc(F)cc1Cl)C(=O)NCCNS(C)(=O)=O. The van der Waals surface area contributed by atoms with E-state index >= 15 is 0 Å². The molecule has 0 heterocycles. The highest BCUT2D eigenvalue weighted by atomic mass is 35.5. The Bertz CT molecular complexity index is 609. The molecule has 1 atom stereocenters. The maximum absolute atomic E-state index is 12.9. The topological polar surface area (TPSA) is 84.5 Å². The van der Waals surface area contributed by atoms with Gasteiger partial charge in [-0.15, -0.1) is 0 Å². The Morgan fingerprint density at radius 3 is 2.67 bits per heavy atom. The number of carbonyl (C=O) groups excluding carboxylic acids is 1. The summed E-state index contributed by atoms with van der Waals surface area (Å²) in [6.07, 6.45) is 0.170. The predicted molar refractivity (Wildman–Crippen MR) is 77.4 cm³/mol. The van der Waals surface area contributed by atoms with Gasteiger partial charge >= 0.3 is 0 Å². The Balaban J connectivity index is 2.44. The van der Waals surface area contributed by atoms with E-state index in [1.54, 1.807) is 0 Å². The summed E-state index contributed by atoms with van der Waals surface area (Å²) in [6.45, 7) is 1.70. The van der Waals surface area contributed by atoms with Gasteiger partial charge in [-0.1, -0.05) is 11.6 Å². The second kappa shape index (κ2) is 7.58. The van der Waals surface area contributed by atoms with E-state index < -0.39 is 27.9 Å². The fourth-order valence-electron chi connectivity index (χ4n) is 1.38. The molecule has 9 heteroatoms. The number of hydrogen-bond donors (Lipinski definition) is 2. The summed E-state index contributed by atoms with van der Waals surface area (Å²) in [5.41, 5.74) is 0. The van der Waals surface area contributed by atoms with Gasteiger partial charge in [-0.3, -0.25) is 4.79 Å². The summed E-state index contributed by atoms with van der Waals surface area (Å²) in [6, 6.07) is 3.58. The van der Waals surface area contributed by atoms with Crippen LogP contribution in [-0.2, 0) is 14.8 Å². The molecule has 21 heavy (non-hydrogen) atoms. The van der Waals surface area contributed by atoms with Crippen LogP contribution in [0.2, 0.25) is 5.02 Å². The Morgan fingerprint density at radius 1 is 1.43 bits per heavy atom. The summed E-state index contributed by atoms with van der Waals surface area (Å²) in [4.78, 5) is 11.7. The van der Waals surface area contributed by atoms with Crippen LogP contribution in [0.25, 0.3) is 0 Å². The number of amides is 1. The molecule has 1 aromatic rings. The monoisotopic (exact) mass is 338 g/mol. The summed E-state index contributed by atoms with van der Waals surface area (Å²) in [7, 11) is -3.29. The Hall–Kier alpha value is -1.38. The van der Waals surface area contributed by atoms with Crippen molar-refractivity contribution in [1.82, 2.24) is 10.0 Å². The molecule has 2 N–H and O–H groups in total. The van der Waals surface area contributed by atoms with Crippen LogP contribution in [-0.4, -0.2) is 39.8 Å². The number of rotatable bonds is 7. The normalized spacial score (nSPS) is 12.8. The lowest BCUT2D eigenvalue weighted by Crippen LogP contribution is -2.40. The number of halogens is 2. The van der Waals surface area contributed by atoms with Gasteiger partial charge in [-0.2, -0.15) is 0 Å². The number of ether oxygens (including phenoxy) is 1. The third-order valence-corrected chi connectivity index (χ3v) is 3.38. The van der Waals surface area contributed by atoms with E-state index in [9.17, 15) is 17.6 Å². The molecular formula is C12H16ClFN2O4S. The van der Waals surface area contributed by atoms with E-state index in [4.69, 9.17) is 16.3 Å². The molecule has 1 amide bonds. The lowest BCUT2D eigenvalue weighted by atomic mass is 10.3. The number of sulfonamides is 1. The van der Waals surface area contributed by atoms with E-state index in [0.717, 1.165) is 12.3 Å². The van der Waals surface area contributed by atoms with E-state index in [1.165, 1.54) is 19.1 Å². The van der Waals surface area contributed by atoms with Crippen LogP contribution in [0.3, 0.4) is 0 Å². The first-order chi connectivity index (χ1) is 9.69. The molecule has 0 fully saturated rings. The van der Waals surface area contributed by atoms with Crippen molar-refractivity contribution in [3.05, 3.63) is 29.0 Å². The van der Waals surface area contributed by atoms with Crippen LogP contribution in [0.4, 0.5) is 4.39 Å². The van der Waals surface area contributed by atoms with Crippen molar-refractivity contribution in [3.8, 4) is 5.75 Å². The third kappa shape index (κ3) is 6.74. The summed E-state index contributed by atoms with van der Waals surface area (Å²) >= 11 is 5.78. The standard InChI is InChI=1S/C12H16ClFN2O4S/c1-8(12(17)15-5-6-16-21(2,18)19)20-11-4-3-9(14)7-10(11)13/h3-4,7-8,16H,5-6H2,1-2H3,(H,15,17). The van der Waals surface area contributed by atoms with E-state index in [1.807, 2.05) is 0 Å². The summed E-state index contributed by atoms with van der Waals surface area (Å²) in [5, 5.41) is 2.56. The van der Waals surface area contributed by atoms with Crippen molar-refractivity contribution >= 4 is 27.5 Å². The molecule has 6 nitrogen and oxygen atoms in total. The zero-order chi connectivity index (χ0) is 16.0. The highest BCUT2D eigenvalue weighted by Crippen LogP contribution is 2.25. The number of benzene rings is 1. The highest BCUT2D eigenvalue weighted by molar-refractivity contribution is 7.88. The molecule has 0 aliphatic rings. The van der Waals surface area contributed by atoms with Gasteiger partial charge in [0.2, 0.25) is 10.0 Å². The largest absolute Gasteiger partial charge is 0.479 e. The zero-order valence-electron chi connectivity index (χ0n) is 11.5. The Morgan fingerprint density at radius 2 is 2.10 bits per heavy atom. The highest BCUT2D eigenvalue weighted by Gasteiger charge is 2.16. The van der Waals surface area contributed by atoms with E-state index in [0.29, 0.717) is 0 Å². The van der Waals surface area contributed by atoms with Crippen molar-refractivity contribution in [2.75, 3.05) is 19.3 Å². The number of carbonyl (C=O) groups is 1. The molecule has 0 aliphatic heterocycles. The molecular weight excluding hydrogens is 323 g/mol. The molecule has 0 saturated heterocycles. The first-order valence-corrected chi connectivity index (χ1v) is 8.30. The molecule has 1 unspecified atom stereocenters. The van der Waals surface area contributed by atoms with E-state index in [2.05, 4.69) is 10.0 Å². The Labute approximate surface area is 127 Å². The molecule has 0 spiro atoms. The minimum Gasteiger partial charge on any atom is -0.479 e. The van der Waals surface area contributed by atoms with Crippen molar-refractivity contribution < 1.29 is 22.3 Å². The lowest BCUT2D eigenvalue weighted by molar-refractivity contribution is -0.127. The summed E-state index contributed by atoms with van der Waals surface area (Å²) < 4.78 is 42.1. The number of hydrogen-bond acceptors (Lipinski definition) is 4. The van der Waals surface area contributed by atoms with Crippen LogP contribution in [0.5, 0.6) is 5.75 Å². The molecule has 0 aromatic heterocycles. The Kier molecular flexibility index (Phi) is 6.38. The van der Waals surface area contributed by atoms with Gasteiger partial charge < -0.3 is 10.1 Å². The third-order valence-electron chi connectivity index (χ3n) is 2.36. The first kappa shape index (κ1) is 17.7. The van der Waals surface area contributed by atoms with Gasteiger partial charge in [-0.25, -0.2) is 17.5 Å². The van der Waals surface area contributed by atoms with Gasteiger partial charge in [0.25, 0.3) is 5.91 Å². The molecule has 0 aliphatic carbocycles. The average molecular weight is 339 g/mol. The first-order valence-electron chi connectivity index (χ1n) is 6.03. The second-order valence-electron chi connectivity index (χ2n) is 4.29. The average Bonchev–Trinajstić information content (AvgIpc) is 2.36. The molecule has 118 valence electrons. The van der Waals surface area contributed by atoms with Crippen molar-refractivity contribution in [1.29, 1.82) is 0 Å². The van der Waals surface area contributed by atoms with E-state index in [-0.39, 0.29) is 23.9 Å². The van der Waals surface area contributed by atoms with Crippen LogP contribution < -0.4 is 14.8 Å². The maximum Gasteiger partial charge on any atom is 0.260 e. The quantitative estimate of drug-likeness (QED) is 0.724.